The second-order valence-electron chi connectivity index (χ2n) is 11.3. The SMILES string of the molecule is CC(=O)OCC#C[C@@]1(O)CC[C@@]2(C)[C@H](CC[C@@H]3[C@@H]2CC[C@]2(C)[C@@H](C(C)=O)CC[C@@H]32)C1. The number of carbonyl (C=O) groups is 2. The zero-order valence-corrected chi connectivity index (χ0v) is 19.1. The Balaban J connectivity index is 1.49. The molecule has 4 heteroatoms. The monoisotopic (exact) mass is 414 g/mol. The van der Waals surface area contributed by atoms with Crippen molar-refractivity contribution in [3.63, 3.8) is 0 Å². The van der Waals surface area contributed by atoms with Crippen molar-refractivity contribution in [1.29, 1.82) is 0 Å². The molecule has 0 aromatic rings. The quantitative estimate of drug-likeness (QED) is 0.533. The van der Waals surface area contributed by atoms with E-state index in [4.69, 9.17) is 4.74 Å². The fraction of sp³-hybridized carbons (Fsp3) is 0.846. The molecule has 4 saturated carbocycles. The minimum Gasteiger partial charge on any atom is -0.453 e. The molecule has 0 aromatic heterocycles. The first-order valence-electron chi connectivity index (χ1n) is 12.0. The molecule has 0 aromatic carbocycles. The van der Waals surface area contributed by atoms with Crippen LogP contribution in [0.15, 0.2) is 0 Å². The predicted molar refractivity (Wildman–Crippen MR) is 115 cm³/mol. The van der Waals surface area contributed by atoms with Crippen molar-refractivity contribution in [3.8, 4) is 11.8 Å². The van der Waals surface area contributed by atoms with Crippen LogP contribution in [-0.2, 0) is 14.3 Å². The molecular formula is C26H38O4. The standard InChI is InChI=1S/C26H38O4/c1-17(27)21-8-9-22-20-7-6-19-16-26(29,11-5-15-30-18(2)28)14-13-24(19,3)23(20)10-12-25(21,22)4/h19-23,29H,6-10,12-16H2,1-4H3/t19-,20+,21-,22+,23+,24+,25-,26-/m1/s1. The van der Waals surface area contributed by atoms with Crippen LogP contribution in [0, 0.1) is 52.3 Å². The molecule has 8 atom stereocenters. The van der Waals surface area contributed by atoms with Crippen molar-refractivity contribution in [1.82, 2.24) is 0 Å². The van der Waals surface area contributed by atoms with Crippen molar-refractivity contribution in [3.05, 3.63) is 0 Å². The summed E-state index contributed by atoms with van der Waals surface area (Å²) in [6, 6.07) is 0. The molecule has 0 radical (unpaired) electrons. The van der Waals surface area contributed by atoms with Gasteiger partial charge >= 0.3 is 5.97 Å². The molecule has 1 N–H and O–H groups in total. The van der Waals surface area contributed by atoms with E-state index in [0.717, 1.165) is 31.6 Å². The molecule has 0 amide bonds. The van der Waals surface area contributed by atoms with E-state index in [0.29, 0.717) is 30.0 Å². The van der Waals surface area contributed by atoms with Crippen LogP contribution < -0.4 is 0 Å². The Morgan fingerprint density at radius 2 is 1.70 bits per heavy atom. The van der Waals surface area contributed by atoms with Gasteiger partial charge in [0.15, 0.2) is 6.61 Å². The number of hydrogen-bond donors (Lipinski definition) is 1. The molecule has 30 heavy (non-hydrogen) atoms. The third-order valence-corrected chi connectivity index (χ3v) is 9.89. The van der Waals surface area contributed by atoms with Gasteiger partial charge in [0.2, 0.25) is 0 Å². The molecule has 0 saturated heterocycles. The third kappa shape index (κ3) is 3.52. The maximum absolute atomic E-state index is 12.3. The highest BCUT2D eigenvalue weighted by Gasteiger charge is 2.61. The topological polar surface area (TPSA) is 63.6 Å². The van der Waals surface area contributed by atoms with Gasteiger partial charge in [0.05, 0.1) is 0 Å². The lowest BCUT2D eigenvalue weighted by Gasteiger charge is -2.61. The fourth-order valence-electron chi connectivity index (χ4n) is 8.37. The second kappa shape index (κ2) is 7.66. The number of fused-ring (bicyclic) bond motifs is 5. The first-order chi connectivity index (χ1) is 14.1. The molecule has 4 nitrogen and oxygen atoms in total. The van der Waals surface area contributed by atoms with E-state index in [9.17, 15) is 14.7 Å². The highest BCUT2D eigenvalue weighted by molar-refractivity contribution is 5.79. The summed E-state index contributed by atoms with van der Waals surface area (Å²) in [4.78, 5) is 23.2. The molecule has 0 aliphatic heterocycles. The van der Waals surface area contributed by atoms with E-state index in [-0.39, 0.29) is 29.3 Å². The van der Waals surface area contributed by atoms with E-state index < -0.39 is 5.60 Å². The van der Waals surface area contributed by atoms with Crippen molar-refractivity contribution >= 4 is 11.8 Å². The van der Waals surface area contributed by atoms with Gasteiger partial charge in [0.25, 0.3) is 0 Å². The number of aliphatic hydroxyl groups is 1. The first kappa shape index (κ1) is 21.9. The zero-order valence-electron chi connectivity index (χ0n) is 19.1. The molecule has 0 bridgehead atoms. The van der Waals surface area contributed by atoms with Gasteiger partial charge in [-0.25, -0.2) is 0 Å². The average molecular weight is 415 g/mol. The summed E-state index contributed by atoms with van der Waals surface area (Å²) in [5.41, 5.74) is -0.483. The van der Waals surface area contributed by atoms with Crippen LogP contribution in [0.2, 0.25) is 0 Å². The molecule has 0 unspecified atom stereocenters. The lowest BCUT2D eigenvalue weighted by Crippen LogP contribution is -2.56. The van der Waals surface area contributed by atoms with E-state index in [1.165, 1.54) is 32.6 Å². The van der Waals surface area contributed by atoms with Crippen LogP contribution in [0.3, 0.4) is 0 Å². The fourth-order valence-corrected chi connectivity index (χ4v) is 8.37. The van der Waals surface area contributed by atoms with Gasteiger partial charge in [0.1, 0.15) is 11.4 Å². The van der Waals surface area contributed by atoms with Crippen molar-refractivity contribution in [2.45, 2.75) is 91.1 Å². The van der Waals surface area contributed by atoms with Crippen LogP contribution in [0.1, 0.15) is 85.5 Å². The van der Waals surface area contributed by atoms with Crippen LogP contribution in [0.25, 0.3) is 0 Å². The van der Waals surface area contributed by atoms with E-state index >= 15 is 0 Å². The van der Waals surface area contributed by atoms with Crippen molar-refractivity contribution in [2.75, 3.05) is 6.61 Å². The largest absolute Gasteiger partial charge is 0.453 e. The lowest BCUT2D eigenvalue weighted by atomic mass is 9.44. The van der Waals surface area contributed by atoms with Gasteiger partial charge in [-0.15, -0.1) is 0 Å². The molecule has 4 aliphatic rings. The second-order valence-corrected chi connectivity index (χ2v) is 11.3. The van der Waals surface area contributed by atoms with E-state index in [2.05, 4.69) is 25.7 Å². The maximum Gasteiger partial charge on any atom is 0.303 e. The van der Waals surface area contributed by atoms with E-state index in [1.807, 2.05) is 0 Å². The number of hydrogen-bond acceptors (Lipinski definition) is 4. The number of ether oxygens (including phenoxy) is 1. The molecule has 4 rings (SSSR count). The van der Waals surface area contributed by atoms with Gasteiger partial charge in [-0.1, -0.05) is 25.7 Å². The average Bonchev–Trinajstić information content (AvgIpc) is 3.03. The van der Waals surface area contributed by atoms with Gasteiger partial charge in [-0.05, 0) is 99.2 Å². The maximum atomic E-state index is 12.3. The summed E-state index contributed by atoms with van der Waals surface area (Å²) < 4.78 is 4.90. The van der Waals surface area contributed by atoms with Gasteiger partial charge in [0, 0.05) is 12.8 Å². The van der Waals surface area contributed by atoms with Gasteiger partial charge < -0.3 is 9.84 Å². The van der Waals surface area contributed by atoms with Gasteiger partial charge in [-0.2, -0.15) is 0 Å². The summed E-state index contributed by atoms with van der Waals surface area (Å²) in [5, 5.41) is 11.1. The smallest absolute Gasteiger partial charge is 0.303 e. The molecule has 0 heterocycles. The first-order valence-corrected chi connectivity index (χ1v) is 12.0. The number of ketones is 1. The molecule has 4 aliphatic carbocycles. The van der Waals surface area contributed by atoms with Crippen molar-refractivity contribution < 1.29 is 19.4 Å². The Labute approximate surface area is 181 Å². The molecular weight excluding hydrogens is 376 g/mol. The summed E-state index contributed by atoms with van der Waals surface area (Å²) >= 11 is 0. The predicted octanol–water partition coefficient (Wildman–Crippen LogP) is 4.53. The Morgan fingerprint density at radius 1 is 0.967 bits per heavy atom. The molecule has 166 valence electrons. The summed E-state index contributed by atoms with van der Waals surface area (Å²) in [5.74, 6) is 8.84. The Bertz CT molecular complexity index is 778. The van der Waals surface area contributed by atoms with Crippen LogP contribution in [0.4, 0.5) is 0 Å². The molecule has 0 spiro atoms. The van der Waals surface area contributed by atoms with Crippen molar-refractivity contribution in [2.24, 2.45) is 40.4 Å². The summed E-state index contributed by atoms with van der Waals surface area (Å²) in [6.45, 7) is 8.11. The molecule has 4 fully saturated rings. The number of Topliss-reactive ketones (excluding diaryl/α,β-unsaturated/α-hetero) is 1. The Morgan fingerprint density at radius 3 is 2.40 bits per heavy atom. The van der Waals surface area contributed by atoms with Crippen LogP contribution >= 0.6 is 0 Å². The summed E-state index contributed by atoms with van der Waals surface area (Å²) in [7, 11) is 0. The highest BCUT2D eigenvalue weighted by Crippen LogP contribution is 2.68. The van der Waals surface area contributed by atoms with E-state index in [1.54, 1.807) is 6.92 Å². The highest BCUT2D eigenvalue weighted by atomic mass is 16.5. The normalized spacial score (nSPS) is 47.2. The lowest BCUT2D eigenvalue weighted by molar-refractivity contribution is -0.144. The third-order valence-electron chi connectivity index (χ3n) is 9.89. The van der Waals surface area contributed by atoms with Crippen LogP contribution in [0.5, 0.6) is 0 Å². The number of carbonyl (C=O) groups excluding carboxylic acids is 2. The Kier molecular flexibility index (Phi) is 5.59. The minimum absolute atomic E-state index is 0.0574. The minimum atomic E-state index is -0.951. The zero-order chi connectivity index (χ0) is 21.7. The summed E-state index contributed by atoms with van der Waals surface area (Å²) in [6.07, 6.45) is 9.54. The number of esters is 1. The van der Waals surface area contributed by atoms with Gasteiger partial charge in [-0.3, -0.25) is 9.59 Å². The number of rotatable bonds is 2. The Hall–Kier alpha value is -1.34. The van der Waals surface area contributed by atoms with Crippen LogP contribution in [-0.4, -0.2) is 29.1 Å².